The van der Waals surface area contributed by atoms with E-state index in [1.54, 1.807) is 7.11 Å². The number of hydrogen-bond donors (Lipinski definition) is 0. The number of ether oxygens (including phenoxy) is 3. The molecule has 0 radical (unpaired) electrons. The number of esters is 2. The molecule has 6 nitrogen and oxygen atoms in total. The highest BCUT2D eigenvalue weighted by Crippen LogP contribution is 2.45. The first kappa shape index (κ1) is 18.8. The van der Waals surface area contributed by atoms with E-state index in [-0.39, 0.29) is 18.0 Å². The SMILES string of the molecule is COC(=O)[C@H]1C[C@H](C(=O)OC)N(c2ccc(OC)cc2)[C@H]1c1ccccc1. The van der Waals surface area contributed by atoms with Crippen LogP contribution in [0.25, 0.3) is 0 Å². The highest BCUT2D eigenvalue weighted by atomic mass is 16.5. The van der Waals surface area contributed by atoms with E-state index in [1.165, 1.54) is 14.2 Å². The maximum atomic E-state index is 12.5. The monoisotopic (exact) mass is 369 g/mol. The van der Waals surface area contributed by atoms with E-state index in [4.69, 9.17) is 14.2 Å². The first-order valence-corrected chi connectivity index (χ1v) is 8.73. The minimum absolute atomic E-state index is 0.324. The molecule has 0 amide bonds. The van der Waals surface area contributed by atoms with Crippen molar-refractivity contribution in [3.8, 4) is 5.75 Å². The maximum absolute atomic E-state index is 12.5. The molecular weight excluding hydrogens is 346 g/mol. The molecule has 1 aliphatic heterocycles. The van der Waals surface area contributed by atoms with E-state index in [1.807, 2.05) is 59.5 Å². The van der Waals surface area contributed by atoms with Crippen molar-refractivity contribution in [2.24, 2.45) is 5.92 Å². The van der Waals surface area contributed by atoms with Gasteiger partial charge in [0.25, 0.3) is 0 Å². The number of benzene rings is 2. The van der Waals surface area contributed by atoms with Crippen molar-refractivity contribution in [2.75, 3.05) is 26.2 Å². The van der Waals surface area contributed by atoms with E-state index in [0.717, 1.165) is 11.3 Å². The van der Waals surface area contributed by atoms with Crippen molar-refractivity contribution in [3.63, 3.8) is 0 Å². The minimum Gasteiger partial charge on any atom is -0.497 e. The molecule has 0 aromatic heterocycles. The normalized spacial score (nSPS) is 21.6. The second kappa shape index (κ2) is 8.12. The van der Waals surface area contributed by atoms with Crippen molar-refractivity contribution in [1.29, 1.82) is 0 Å². The van der Waals surface area contributed by atoms with E-state index in [0.29, 0.717) is 12.2 Å². The predicted molar refractivity (Wildman–Crippen MR) is 101 cm³/mol. The summed E-state index contributed by atoms with van der Waals surface area (Å²) in [6, 6.07) is 16.2. The number of rotatable bonds is 5. The molecule has 0 unspecified atom stereocenters. The zero-order valence-electron chi connectivity index (χ0n) is 15.6. The Kier molecular flexibility index (Phi) is 5.64. The zero-order valence-corrected chi connectivity index (χ0v) is 15.6. The Morgan fingerprint density at radius 1 is 0.889 bits per heavy atom. The van der Waals surface area contributed by atoms with E-state index >= 15 is 0 Å². The van der Waals surface area contributed by atoms with Crippen LogP contribution in [0.2, 0.25) is 0 Å². The molecule has 27 heavy (non-hydrogen) atoms. The highest BCUT2D eigenvalue weighted by molar-refractivity contribution is 5.85. The van der Waals surface area contributed by atoms with Crippen molar-refractivity contribution in [1.82, 2.24) is 0 Å². The van der Waals surface area contributed by atoms with Crippen LogP contribution >= 0.6 is 0 Å². The lowest BCUT2D eigenvalue weighted by Gasteiger charge is -2.32. The second-order valence-corrected chi connectivity index (χ2v) is 6.37. The Morgan fingerprint density at radius 2 is 1.52 bits per heavy atom. The van der Waals surface area contributed by atoms with Gasteiger partial charge in [-0.25, -0.2) is 4.79 Å². The summed E-state index contributed by atoms with van der Waals surface area (Å²) in [4.78, 5) is 27.0. The smallest absolute Gasteiger partial charge is 0.328 e. The van der Waals surface area contributed by atoms with Gasteiger partial charge in [-0.2, -0.15) is 0 Å². The van der Waals surface area contributed by atoms with Crippen LogP contribution in [-0.4, -0.2) is 39.3 Å². The Balaban J connectivity index is 2.11. The molecule has 2 aromatic carbocycles. The van der Waals surface area contributed by atoms with Gasteiger partial charge in [0, 0.05) is 5.69 Å². The predicted octanol–water partition coefficient (Wildman–Crippen LogP) is 2.98. The first-order valence-electron chi connectivity index (χ1n) is 8.73. The van der Waals surface area contributed by atoms with Crippen LogP contribution in [0.5, 0.6) is 5.75 Å². The fourth-order valence-electron chi connectivity index (χ4n) is 3.73. The number of hydrogen-bond acceptors (Lipinski definition) is 6. The summed E-state index contributed by atoms with van der Waals surface area (Å²) < 4.78 is 15.3. The lowest BCUT2D eigenvalue weighted by atomic mass is 9.93. The van der Waals surface area contributed by atoms with Crippen LogP contribution in [0.15, 0.2) is 54.6 Å². The third-order valence-corrected chi connectivity index (χ3v) is 4.98. The molecule has 0 bridgehead atoms. The quantitative estimate of drug-likeness (QED) is 0.755. The summed E-state index contributed by atoms with van der Waals surface area (Å²) in [5.41, 5.74) is 1.75. The van der Waals surface area contributed by atoms with E-state index < -0.39 is 12.0 Å². The molecule has 0 aliphatic carbocycles. The molecule has 1 fully saturated rings. The van der Waals surface area contributed by atoms with Crippen LogP contribution in [0.3, 0.4) is 0 Å². The second-order valence-electron chi connectivity index (χ2n) is 6.37. The number of carbonyl (C=O) groups excluding carboxylic acids is 2. The summed E-state index contributed by atoms with van der Waals surface area (Å²) >= 11 is 0. The first-order chi connectivity index (χ1) is 13.1. The molecule has 0 saturated carbocycles. The van der Waals surface area contributed by atoms with Gasteiger partial charge >= 0.3 is 11.9 Å². The summed E-state index contributed by atoms with van der Waals surface area (Å²) in [6.07, 6.45) is 0.324. The Bertz CT molecular complexity index is 790. The molecule has 6 heteroatoms. The maximum Gasteiger partial charge on any atom is 0.328 e. The molecule has 142 valence electrons. The van der Waals surface area contributed by atoms with E-state index in [9.17, 15) is 9.59 Å². The average molecular weight is 369 g/mol. The summed E-state index contributed by atoms with van der Waals surface area (Å²) in [5.74, 6) is -0.483. The van der Waals surface area contributed by atoms with Gasteiger partial charge in [0.05, 0.1) is 33.3 Å². The standard InChI is InChI=1S/C21H23NO5/c1-25-16-11-9-15(10-12-16)22-18(21(24)27-3)13-17(20(23)26-2)19(22)14-7-5-4-6-8-14/h4-12,17-19H,13H2,1-3H3/t17-,18+,19-/m0/s1. The zero-order chi connectivity index (χ0) is 19.4. The lowest BCUT2D eigenvalue weighted by Crippen LogP contribution is -2.38. The van der Waals surface area contributed by atoms with Crippen LogP contribution in [-0.2, 0) is 19.1 Å². The summed E-state index contributed by atoms with van der Waals surface area (Å²) in [7, 11) is 4.33. The Morgan fingerprint density at radius 3 is 2.07 bits per heavy atom. The molecule has 1 heterocycles. The molecule has 3 rings (SSSR count). The van der Waals surface area contributed by atoms with Crippen molar-refractivity contribution in [2.45, 2.75) is 18.5 Å². The van der Waals surface area contributed by atoms with E-state index in [2.05, 4.69) is 0 Å². The largest absolute Gasteiger partial charge is 0.497 e. The van der Waals surface area contributed by atoms with Gasteiger partial charge in [0.1, 0.15) is 11.8 Å². The summed E-state index contributed by atoms with van der Waals surface area (Å²) in [6.45, 7) is 0. The van der Waals surface area contributed by atoms with Crippen LogP contribution in [0, 0.1) is 5.92 Å². The molecule has 3 atom stereocenters. The van der Waals surface area contributed by atoms with Gasteiger partial charge in [0.15, 0.2) is 0 Å². The molecule has 0 spiro atoms. The fourth-order valence-corrected chi connectivity index (χ4v) is 3.73. The third kappa shape index (κ3) is 3.60. The van der Waals surface area contributed by atoms with Crippen LogP contribution in [0.4, 0.5) is 5.69 Å². The topological polar surface area (TPSA) is 65.1 Å². The Labute approximate surface area is 158 Å². The molecule has 2 aromatic rings. The minimum atomic E-state index is -0.585. The van der Waals surface area contributed by atoms with Gasteiger partial charge in [-0.1, -0.05) is 30.3 Å². The van der Waals surface area contributed by atoms with Gasteiger partial charge in [0.2, 0.25) is 0 Å². The van der Waals surface area contributed by atoms with Gasteiger partial charge in [-0.05, 0) is 36.2 Å². The highest BCUT2D eigenvalue weighted by Gasteiger charge is 2.49. The van der Waals surface area contributed by atoms with Crippen molar-refractivity contribution in [3.05, 3.63) is 60.2 Å². The van der Waals surface area contributed by atoms with Crippen molar-refractivity contribution < 1.29 is 23.8 Å². The Hall–Kier alpha value is -3.02. The fraction of sp³-hybridized carbons (Fsp3) is 0.333. The number of nitrogens with zero attached hydrogens (tertiary/aromatic N) is 1. The van der Waals surface area contributed by atoms with Gasteiger partial charge < -0.3 is 19.1 Å². The molecule has 0 N–H and O–H groups in total. The number of anilines is 1. The van der Waals surface area contributed by atoms with Crippen molar-refractivity contribution >= 4 is 17.6 Å². The molecule has 1 saturated heterocycles. The van der Waals surface area contributed by atoms with Gasteiger partial charge in [-0.15, -0.1) is 0 Å². The van der Waals surface area contributed by atoms with Gasteiger partial charge in [-0.3, -0.25) is 4.79 Å². The number of methoxy groups -OCH3 is 3. The van der Waals surface area contributed by atoms with Crippen LogP contribution < -0.4 is 9.64 Å². The molecular formula is C21H23NO5. The summed E-state index contributed by atoms with van der Waals surface area (Å²) in [5, 5.41) is 0. The number of carbonyl (C=O) groups is 2. The average Bonchev–Trinajstić information content (AvgIpc) is 3.13. The van der Waals surface area contributed by atoms with Crippen LogP contribution in [0.1, 0.15) is 18.0 Å². The lowest BCUT2D eigenvalue weighted by molar-refractivity contribution is -0.146. The molecule has 1 aliphatic rings. The third-order valence-electron chi connectivity index (χ3n) is 4.98.